The molecule has 0 saturated carbocycles. The maximum Gasteiger partial charge on any atom is 0.243 e. The van der Waals surface area contributed by atoms with E-state index in [1.165, 1.54) is 15.4 Å². The number of hydrogen-bond donors (Lipinski definition) is 0. The van der Waals surface area contributed by atoms with Crippen molar-refractivity contribution in [3.05, 3.63) is 29.3 Å². The number of carbonyl (C=O) groups excluding carboxylic acids is 1. The Morgan fingerprint density at radius 2 is 1.83 bits per heavy atom. The van der Waals surface area contributed by atoms with Crippen molar-refractivity contribution in [1.82, 2.24) is 9.21 Å². The Morgan fingerprint density at radius 3 is 2.54 bits per heavy atom. The van der Waals surface area contributed by atoms with Crippen molar-refractivity contribution in [2.24, 2.45) is 0 Å². The van der Waals surface area contributed by atoms with Crippen LogP contribution in [-0.2, 0) is 27.7 Å². The highest BCUT2D eigenvalue weighted by Gasteiger charge is 2.30. The summed E-state index contributed by atoms with van der Waals surface area (Å²) in [7, 11) is -3.46. The number of fused-ring (bicyclic) bond motifs is 1. The Kier molecular flexibility index (Phi) is 5.52. The molecule has 0 bridgehead atoms. The number of hydrogen-bond acceptors (Lipinski definition) is 4. The standard InChI is InChI=1S/C17H24N2O3S2/c1-23-12-7-17(20)18-8-10-19(11-9-18)24(21,22)16-6-5-14-3-2-4-15(14)13-16/h5-6,13H,2-4,7-12H2,1H3. The van der Waals surface area contributed by atoms with Gasteiger partial charge in [-0.1, -0.05) is 6.07 Å². The first-order chi connectivity index (χ1) is 11.5. The first kappa shape index (κ1) is 17.8. The molecule has 3 rings (SSSR count). The number of thioether (sulfide) groups is 1. The summed E-state index contributed by atoms with van der Waals surface area (Å²) in [6.45, 7) is 1.73. The molecule has 1 fully saturated rings. The predicted octanol–water partition coefficient (Wildman–Crippen LogP) is 1.76. The molecule has 1 aromatic carbocycles. The van der Waals surface area contributed by atoms with Gasteiger partial charge < -0.3 is 4.90 Å². The minimum absolute atomic E-state index is 0.124. The molecule has 1 amide bonds. The van der Waals surface area contributed by atoms with Gasteiger partial charge in [0.15, 0.2) is 0 Å². The van der Waals surface area contributed by atoms with E-state index < -0.39 is 10.0 Å². The van der Waals surface area contributed by atoms with Gasteiger partial charge in [-0.3, -0.25) is 4.79 Å². The molecule has 0 aromatic heterocycles. The van der Waals surface area contributed by atoms with Crippen molar-refractivity contribution in [3.8, 4) is 0 Å². The molecule has 132 valence electrons. The number of aryl methyl sites for hydroxylation is 2. The fraction of sp³-hybridized carbons (Fsp3) is 0.588. The van der Waals surface area contributed by atoms with Crippen molar-refractivity contribution in [2.45, 2.75) is 30.6 Å². The highest BCUT2D eigenvalue weighted by atomic mass is 32.2. The molecular weight excluding hydrogens is 344 g/mol. The molecule has 0 N–H and O–H groups in total. The third-order valence-electron chi connectivity index (χ3n) is 4.82. The zero-order valence-electron chi connectivity index (χ0n) is 14.0. The van der Waals surface area contributed by atoms with Crippen molar-refractivity contribution >= 4 is 27.7 Å². The molecule has 2 aliphatic rings. The average molecular weight is 369 g/mol. The second kappa shape index (κ2) is 7.45. The molecule has 0 atom stereocenters. The van der Waals surface area contributed by atoms with Gasteiger partial charge in [-0.25, -0.2) is 8.42 Å². The molecule has 5 nitrogen and oxygen atoms in total. The molecule has 0 unspecified atom stereocenters. The summed E-state index contributed by atoms with van der Waals surface area (Å²) in [5, 5.41) is 0. The van der Waals surface area contributed by atoms with Gasteiger partial charge in [0.2, 0.25) is 15.9 Å². The highest BCUT2D eigenvalue weighted by Crippen LogP contribution is 2.26. The lowest BCUT2D eigenvalue weighted by Crippen LogP contribution is -2.50. The van der Waals surface area contributed by atoms with Crippen LogP contribution in [0.4, 0.5) is 0 Å². The Morgan fingerprint density at radius 1 is 1.12 bits per heavy atom. The molecule has 1 aliphatic carbocycles. The van der Waals surface area contributed by atoms with Crippen LogP contribution in [0, 0.1) is 0 Å². The summed E-state index contributed by atoms with van der Waals surface area (Å²) in [6.07, 6.45) is 5.63. The van der Waals surface area contributed by atoms with Gasteiger partial charge in [0.05, 0.1) is 4.90 Å². The fourth-order valence-corrected chi connectivity index (χ4v) is 5.24. The van der Waals surface area contributed by atoms with E-state index in [2.05, 4.69) is 0 Å². The molecule has 0 spiro atoms. The first-order valence-corrected chi connectivity index (χ1v) is 11.2. The molecule has 1 saturated heterocycles. The van der Waals surface area contributed by atoms with E-state index in [1.807, 2.05) is 18.4 Å². The third-order valence-corrected chi connectivity index (χ3v) is 7.33. The van der Waals surface area contributed by atoms with Crippen LogP contribution >= 0.6 is 11.8 Å². The van der Waals surface area contributed by atoms with Crippen LogP contribution in [0.15, 0.2) is 23.1 Å². The average Bonchev–Trinajstić information content (AvgIpc) is 3.07. The number of amides is 1. The highest BCUT2D eigenvalue weighted by molar-refractivity contribution is 7.98. The predicted molar refractivity (Wildman–Crippen MR) is 96.8 cm³/mol. The minimum atomic E-state index is -3.46. The minimum Gasteiger partial charge on any atom is -0.340 e. The van der Waals surface area contributed by atoms with Crippen LogP contribution in [-0.4, -0.2) is 61.7 Å². The van der Waals surface area contributed by atoms with Crippen LogP contribution in [0.25, 0.3) is 0 Å². The SMILES string of the molecule is CSCCC(=O)N1CCN(S(=O)(=O)c2ccc3c(c2)CCC3)CC1. The first-order valence-electron chi connectivity index (χ1n) is 8.41. The molecule has 24 heavy (non-hydrogen) atoms. The number of sulfonamides is 1. The van der Waals surface area contributed by atoms with Gasteiger partial charge in [0.25, 0.3) is 0 Å². The van der Waals surface area contributed by atoms with Crippen LogP contribution in [0.5, 0.6) is 0 Å². The van der Waals surface area contributed by atoms with E-state index in [-0.39, 0.29) is 5.91 Å². The Labute approximate surface area is 148 Å². The summed E-state index contributed by atoms with van der Waals surface area (Å²) in [5.41, 5.74) is 2.44. The summed E-state index contributed by atoms with van der Waals surface area (Å²) >= 11 is 1.65. The normalized spacial score (nSPS) is 18.6. The largest absolute Gasteiger partial charge is 0.340 e. The zero-order chi connectivity index (χ0) is 17.2. The van der Waals surface area contributed by atoms with E-state index in [0.717, 1.165) is 25.0 Å². The van der Waals surface area contributed by atoms with Crippen molar-refractivity contribution in [1.29, 1.82) is 0 Å². The van der Waals surface area contributed by atoms with Crippen LogP contribution < -0.4 is 0 Å². The zero-order valence-corrected chi connectivity index (χ0v) is 15.7. The Hall–Kier alpha value is -1.05. The second-order valence-corrected chi connectivity index (χ2v) is 9.24. The smallest absolute Gasteiger partial charge is 0.243 e. The lowest BCUT2D eigenvalue weighted by Gasteiger charge is -2.34. The van der Waals surface area contributed by atoms with E-state index in [0.29, 0.717) is 37.5 Å². The van der Waals surface area contributed by atoms with Crippen molar-refractivity contribution in [3.63, 3.8) is 0 Å². The maximum absolute atomic E-state index is 12.9. The number of piperazine rings is 1. The monoisotopic (exact) mass is 368 g/mol. The van der Waals surface area contributed by atoms with Gasteiger partial charge in [0.1, 0.15) is 0 Å². The van der Waals surface area contributed by atoms with Gasteiger partial charge in [0, 0.05) is 38.4 Å². The van der Waals surface area contributed by atoms with E-state index >= 15 is 0 Å². The number of rotatable bonds is 5. The van der Waals surface area contributed by atoms with E-state index in [4.69, 9.17) is 0 Å². The fourth-order valence-electron chi connectivity index (χ4n) is 3.38. The Balaban J connectivity index is 1.66. The van der Waals surface area contributed by atoms with Crippen molar-refractivity contribution in [2.75, 3.05) is 38.2 Å². The number of nitrogens with zero attached hydrogens (tertiary/aromatic N) is 2. The summed E-state index contributed by atoms with van der Waals surface area (Å²) in [4.78, 5) is 14.2. The maximum atomic E-state index is 12.9. The molecule has 7 heteroatoms. The molecule has 0 radical (unpaired) electrons. The molecule has 1 aromatic rings. The Bertz CT molecular complexity index is 711. The summed E-state index contributed by atoms with van der Waals surface area (Å²) in [5.74, 6) is 0.936. The lowest BCUT2D eigenvalue weighted by molar-refractivity contribution is -0.131. The van der Waals surface area contributed by atoms with Gasteiger partial charge in [-0.2, -0.15) is 16.1 Å². The molecule has 1 heterocycles. The number of benzene rings is 1. The topological polar surface area (TPSA) is 57.7 Å². The van der Waals surface area contributed by atoms with Gasteiger partial charge in [-0.05, 0) is 48.8 Å². The van der Waals surface area contributed by atoms with Gasteiger partial charge in [-0.15, -0.1) is 0 Å². The van der Waals surface area contributed by atoms with E-state index in [1.54, 1.807) is 22.7 Å². The second-order valence-electron chi connectivity index (χ2n) is 6.31. The summed E-state index contributed by atoms with van der Waals surface area (Å²) in [6, 6.07) is 5.53. The van der Waals surface area contributed by atoms with Crippen LogP contribution in [0.3, 0.4) is 0 Å². The third kappa shape index (κ3) is 3.63. The van der Waals surface area contributed by atoms with Crippen molar-refractivity contribution < 1.29 is 13.2 Å². The quantitative estimate of drug-likeness (QED) is 0.795. The molecule has 1 aliphatic heterocycles. The van der Waals surface area contributed by atoms with Crippen LogP contribution in [0.1, 0.15) is 24.0 Å². The summed E-state index contributed by atoms with van der Waals surface area (Å²) < 4.78 is 27.2. The number of carbonyl (C=O) groups is 1. The molecular formula is C17H24N2O3S2. The van der Waals surface area contributed by atoms with Gasteiger partial charge >= 0.3 is 0 Å². The van der Waals surface area contributed by atoms with Crippen LogP contribution in [0.2, 0.25) is 0 Å². The van der Waals surface area contributed by atoms with E-state index in [9.17, 15) is 13.2 Å². The lowest BCUT2D eigenvalue weighted by atomic mass is 10.1.